The van der Waals surface area contributed by atoms with Crippen LogP contribution in [0.5, 0.6) is 0 Å². The number of carbonyl (C=O) groups is 1. The Morgan fingerprint density at radius 1 is 1.62 bits per heavy atom. The van der Waals surface area contributed by atoms with E-state index >= 15 is 0 Å². The number of carbonyl (C=O) groups excluding carboxylic acids is 1. The normalized spacial score (nSPS) is 18.2. The van der Waals surface area contributed by atoms with Gasteiger partial charge in [0.2, 0.25) is 5.91 Å². The van der Waals surface area contributed by atoms with Crippen LogP contribution >= 0.6 is 0 Å². The molecule has 1 saturated carbocycles. The van der Waals surface area contributed by atoms with Gasteiger partial charge in [0.25, 0.3) is 0 Å². The smallest absolute Gasteiger partial charge is 0.233 e. The molecular formula is C11H21N3O2. The molecule has 3 N–H and O–H groups in total. The van der Waals surface area contributed by atoms with Gasteiger partial charge in [-0.05, 0) is 26.2 Å². The molecule has 0 aromatic rings. The Kier molecular flexibility index (Phi) is 4.58. The van der Waals surface area contributed by atoms with Crippen LogP contribution in [0.1, 0.15) is 39.5 Å². The molecule has 0 saturated heterocycles. The molecule has 0 aromatic heterocycles. The van der Waals surface area contributed by atoms with Crippen molar-refractivity contribution in [2.75, 3.05) is 6.54 Å². The van der Waals surface area contributed by atoms with Crippen molar-refractivity contribution in [1.29, 1.82) is 0 Å². The molecule has 1 unspecified atom stereocenters. The molecule has 0 bridgehead atoms. The highest BCUT2D eigenvalue weighted by atomic mass is 16.4. The van der Waals surface area contributed by atoms with Gasteiger partial charge < -0.3 is 15.8 Å². The summed E-state index contributed by atoms with van der Waals surface area (Å²) in [6.45, 7) is 4.56. The fourth-order valence-corrected chi connectivity index (χ4v) is 1.65. The first-order valence-corrected chi connectivity index (χ1v) is 5.89. The summed E-state index contributed by atoms with van der Waals surface area (Å²) in [6, 6.07) is 0.382. The lowest BCUT2D eigenvalue weighted by atomic mass is 10.1. The minimum absolute atomic E-state index is 0.00727. The molecule has 1 fully saturated rings. The van der Waals surface area contributed by atoms with Crippen molar-refractivity contribution in [3.63, 3.8) is 0 Å². The molecule has 1 atom stereocenters. The third-order valence-corrected chi connectivity index (χ3v) is 2.95. The van der Waals surface area contributed by atoms with E-state index in [4.69, 9.17) is 10.9 Å². The number of unbranched alkanes of at least 4 members (excludes halogenated alkanes) is 1. The van der Waals surface area contributed by atoms with Gasteiger partial charge in [0.15, 0.2) is 5.84 Å². The van der Waals surface area contributed by atoms with Crippen molar-refractivity contribution >= 4 is 11.7 Å². The van der Waals surface area contributed by atoms with Gasteiger partial charge in [0, 0.05) is 12.6 Å². The lowest BCUT2D eigenvalue weighted by Crippen LogP contribution is -2.42. The van der Waals surface area contributed by atoms with Crippen LogP contribution in [-0.4, -0.2) is 34.4 Å². The van der Waals surface area contributed by atoms with Gasteiger partial charge in [-0.3, -0.25) is 4.79 Å². The van der Waals surface area contributed by atoms with E-state index in [1.165, 1.54) is 0 Å². The average molecular weight is 227 g/mol. The first-order chi connectivity index (χ1) is 7.61. The first kappa shape index (κ1) is 12.8. The summed E-state index contributed by atoms with van der Waals surface area (Å²) >= 11 is 0. The van der Waals surface area contributed by atoms with E-state index in [0.717, 1.165) is 32.2 Å². The molecular weight excluding hydrogens is 206 g/mol. The van der Waals surface area contributed by atoms with Crippen molar-refractivity contribution in [2.45, 2.75) is 45.6 Å². The van der Waals surface area contributed by atoms with Gasteiger partial charge in [-0.25, -0.2) is 0 Å². The fraction of sp³-hybridized carbons (Fsp3) is 0.818. The quantitative estimate of drug-likeness (QED) is 0.309. The molecule has 0 spiro atoms. The largest absolute Gasteiger partial charge is 0.409 e. The van der Waals surface area contributed by atoms with E-state index in [2.05, 4.69) is 12.1 Å². The lowest BCUT2D eigenvalue weighted by molar-refractivity contribution is -0.133. The molecule has 1 amide bonds. The highest BCUT2D eigenvalue weighted by Crippen LogP contribution is 2.28. The van der Waals surface area contributed by atoms with Crippen LogP contribution < -0.4 is 5.73 Å². The number of nitrogens with two attached hydrogens (primary N) is 1. The molecule has 0 heterocycles. The van der Waals surface area contributed by atoms with Crippen LogP contribution in [-0.2, 0) is 4.79 Å². The first-order valence-electron chi connectivity index (χ1n) is 5.89. The highest BCUT2D eigenvalue weighted by molar-refractivity contribution is 6.01. The Balaban J connectivity index is 2.59. The molecule has 0 aliphatic heterocycles. The maximum atomic E-state index is 12.1. The average Bonchev–Trinajstić information content (AvgIpc) is 3.11. The van der Waals surface area contributed by atoms with Gasteiger partial charge in [0.05, 0.1) is 5.92 Å². The SMILES string of the molecule is CCCCN(C(=O)C(C)C(N)=NO)C1CC1. The molecule has 1 aliphatic carbocycles. The molecule has 1 aliphatic rings. The van der Waals surface area contributed by atoms with E-state index in [1.54, 1.807) is 6.92 Å². The van der Waals surface area contributed by atoms with Crippen LogP contribution in [0.3, 0.4) is 0 Å². The van der Waals surface area contributed by atoms with Crippen LogP contribution in [0.4, 0.5) is 0 Å². The number of hydrogen-bond donors (Lipinski definition) is 2. The summed E-state index contributed by atoms with van der Waals surface area (Å²) in [5.74, 6) is -0.555. The number of amides is 1. The molecule has 0 aromatic carbocycles. The van der Waals surface area contributed by atoms with Gasteiger partial charge in [0.1, 0.15) is 0 Å². The van der Waals surface area contributed by atoms with Gasteiger partial charge >= 0.3 is 0 Å². The van der Waals surface area contributed by atoms with E-state index in [9.17, 15) is 4.79 Å². The zero-order valence-electron chi connectivity index (χ0n) is 10.0. The summed E-state index contributed by atoms with van der Waals surface area (Å²) in [5.41, 5.74) is 5.46. The predicted octanol–water partition coefficient (Wildman–Crippen LogP) is 1.16. The number of oxime groups is 1. The third kappa shape index (κ3) is 3.12. The van der Waals surface area contributed by atoms with Crippen LogP contribution in [0, 0.1) is 5.92 Å². The summed E-state index contributed by atoms with van der Waals surface area (Å²) in [6.07, 6.45) is 4.23. The highest BCUT2D eigenvalue weighted by Gasteiger charge is 2.35. The minimum atomic E-state index is -0.526. The van der Waals surface area contributed by atoms with Crippen molar-refractivity contribution < 1.29 is 10.0 Å². The summed E-state index contributed by atoms with van der Waals surface area (Å²) < 4.78 is 0. The van der Waals surface area contributed by atoms with Crippen LogP contribution in [0.15, 0.2) is 5.16 Å². The summed E-state index contributed by atoms with van der Waals surface area (Å²) in [7, 11) is 0. The Labute approximate surface area is 96.3 Å². The van der Waals surface area contributed by atoms with E-state index in [0.29, 0.717) is 6.04 Å². The zero-order chi connectivity index (χ0) is 12.1. The minimum Gasteiger partial charge on any atom is -0.409 e. The zero-order valence-corrected chi connectivity index (χ0v) is 10.0. The maximum absolute atomic E-state index is 12.1. The number of rotatable bonds is 6. The fourth-order valence-electron chi connectivity index (χ4n) is 1.65. The topological polar surface area (TPSA) is 78.9 Å². The molecule has 0 radical (unpaired) electrons. The van der Waals surface area contributed by atoms with Crippen LogP contribution in [0.2, 0.25) is 0 Å². The number of nitrogens with zero attached hydrogens (tertiary/aromatic N) is 2. The van der Waals surface area contributed by atoms with Crippen molar-refractivity contribution in [1.82, 2.24) is 4.90 Å². The third-order valence-electron chi connectivity index (χ3n) is 2.95. The Hall–Kier alpha value is -1.26. The summed E-state index contributed by atoms with van der Waals surface area (Å²) in [5, 5.41) is 11.5. The standard InChI is InChI=1S/C11H21N3O2/c1-3-4-7-14(9-5-6-9)11(15)8(2)10(12)13-16/h8-9,16H,3-7H2,1-2H3,(H2,12,13). The summed E-state index contributed by atoms with van der Waals surface area (Å²) in [4.78, 5) is 14.0. The van der Waals surface area contributed by atoms with Crippen molar-refractivity contribution in [3.05, 3.63) is 0 Å². The second-order valence-electron chi connectivity index (χ2n) is 4.36. The number of amidine groups is 1. The number of hydrogen-bond acceptors (Lipinski definition) is 3. The Bertz CT molecular complexity index is 274. The van der Waals surface area contributed by atoms with Gasteiger partial charge in [-0.15, -0.1) is 0 Å². The second kappa shape index (κ2) is 5.72. The second-order valence-corrected chi connectivity index (χ2v) is 4.36. The molecule has 1 rings (SSSR count). The molecule has 5 heteroatoms. The van der Waals surface area contributed by atoms with Gasteiger partial charge in [-0.2, -0.15) is 0 Å². The van der Waals surface area contributed by atoms with Crippen LogP contribution in [0.25, 0.3) is 0 Å². The molecule has 5 nitrogen and oxygen atoms in total. The Morgan fingerprint density at radius 2 is 2.25 bits per heavy atom. The maximum Gasteiger partial charge on any atom is 0.233 e. The molecule has 92 valence electrons. The van der Waals surface area contributed by atoms with E-state index < -0.39 is 5.92 Å². The predicted molar refractivity (Wildman–Crippen MR) is 62.2 cm³/mol. The lowest BCUT2D eigenvalue weighted by Gasteiger charge is -2.25. The van der Waals surface area contributed by atoms with Gasteiger partial charge in [-0.1, -0.05) is 18.5 Å². The monoisotopic (exact) mass is 227 g/mol. The van der Waals surface area contributed by atoms with E-state index in [-0.39, 0.29) is 11.7 Å². The van der Waals surface area contributed by atoms with Crippen molar-refractivity contribution in [2.24, 2.45) is 16.8 Å². The molecule has 16 heavy (non-hydrogen) atoms. The van der Waals surface area contributed by atoms with Crippen molar-refractivity contribution in [3.8, 4) is 0 Å². The van der Waals surface area contributed by atoms with E-state index in [1.807, 2.05) is 4.90 Å². The Morgan fingerprint density at radius 3 is 2.69 bits per heavy atom.